The van der Waals surface area contributed by atoms with Crippen LogP contribution in [0.4, 0.5) is 0 Å². The SMILES string of the molecule is C=CCc1ccc(C(=O)O)c(=O)[nH]1. The van der Waals surface area contributed by atoms with Crippen molar-refractivity contribution >= 4 is 5.97 Å². The van der Waals surface area contributed by atoms with Crippen LogP contribution in [-0.2, 0) is 6.42 Å². The minimum absolute atomic E-state index is 0.243. The Bertz CT molecular complexity index is 392. The van der Waals surface area contributed by atoms with Gasteiger partial charge in [-0.25, -0.2) is 4.79 Å². The van der Waals surface area contributed by atoms with Crippen LogP contribution >= 0.6 is 0 Å². The van der Waals surface area contributed by atoms with Gasteiger partial charge in [0.25, 0.3) is 5.56 Å². The number of allylic oxidation sites excluding steroid dienone is 1. The van der Waals surface area contributed by atoms with E-state index in [9.17, 15) is 9.59 Å². The van der Waals surface area contributed by atoms with Gasteiger partial charge < -0.3 is 10.1 Å². The molecule has 13 heavy (non-hydrogen) atoms. The molecular weight excluding hydrogens is 170 g/mol. The molecule has 1 rings (SSSR count). The van der Waals surface area contributed by atoms with Crippen molar-refractivity contribution in [2.24, 2.45) is 0 Å². The molecule has 0 aliphatic heterocycles. The average molecular weight is 179 g/mol. The van der Waals surface area contributed by atoms with Crippen molar-refractivity contribution in [3.63, 3.8) is 0 Å². The van der Waals surface area contributed by atoms with Crippen LogP contribution in [0.5, 0.6) is 0 Å². The summed E-state index contributed by atoms with van der Waals surface area (Å²) >= 11 is 0. The Morgan fingerprint density at radius 2 is 2.31 bits per heavy atom. The van der Waals surface area contributed by atoms with Gasteiger partial charge in [0.05, 0.1) is 0 Å². The maximum Gasteiger partial charge on any atom is 0.341 e. The number of H-pyrrole nitrogens is 1. The summed E-state index contributed by atoms with van der Waals surface area (Å²) in [6.07, 6.45) is 2.15. The number of aromatic carboxylic acids is 1. The van der Waals surface area contributed by atoms with Crippen LogP contribution in [0, 0.1) is 0 Å². The van der Waals surface area contributed by atoms with Gasteiger partial charge in [-0.15, -0.1) is 6.58 Å². The lowest BCUT2D eigenvalue weighted by Gasteiger charge is -1.97. The van der Waals surface area contributed by atoms with Crippen LogP contribution < -0.4 is 5.56 Å². The summed E-state index contributed by atoms with van der Waals surface area (Å²) < 4.78 is 0. The van der Waals surface area contributed by atoms with E-state index in [1.165, 1.54) is 6.07 Å². The second-order valence-electron chi connectivity index (χ2n) is 2.52. The molecule has 1 aromatic heterocycles. The zero-order valence-corrected chi connectivity index (χ0v) is 6.91. The number of aromatic nitrogens is 1. The molecule has 0 fully saturated rings. The Hall–Kier alpha value is -1.84. The number of hydrogen-bond donors (Lipinski definition) is 2. The van der Waals surface area contributed by atoms with Gasteiger partial charge >= 0.3 is 5.97 Å². The fourth-order valence-corrected chi connectivity index (χ4v) is 0.957. The molecule has 4 nitrogen and oxygen atoms in total. The third-order valence-electron chi connectivity index (χ3n) is 1.56. The average Bonchev–Trinajstić information content (AvgIpc) is 2.04. The van der Waals surface area contributed by atoms with Crippen LogP contribution in [0.3, 0.4) is 0 Å². The number of pyridine rings is 1. The van der Waals surface area contributed by atoms with Crippen LogP contribution in [0.25, 0.3) is 0 Å². The second kappa shape index (κ2) is 3.71. The van der Waals surface area contributed by atoms with E-state index in [0.29, 0.717) is 12.1 Å². The lowest BCUT2D eigenvalue weighted by Crippen LogP contribution is -2.18. The molecule has 4 heteroatoms. The number of carboxylic acids is 1. The highest BCUT2D eigenvalue weighted by molar-refractivity contribution is 5.86. The molecule has 0 aliphatic rings. The Morgan fingerprint density at radius 1 is 1.62 bits per heavy atom. The first-order valence-electron chi connectivity index (χ1n) is 3.71. The number of carbonyl (C=O) groups is 1. The van der Waals surface area contributed by atoms with E-state index in [4.69, 9.17) is 5.11 Å². The third kappa shape index (κ3) is 2.05. The van der Waals surface area contributed by atoms with Crippen molar-refractivity contribution in [3.8, 4) is 0 Å². The number of rotatable bonds is 3. The van der Waals surface area contributed by atoms with Gasteiger partial charge in [-0.1, -0.05) is 6.08 Å². The van der Waals surface area contributed by atoms with Gasteiger partial charge in [0, 0.05) is 12.1 Å². The second-order valence-corrected chi connectivity index (χ2v) is 2.52. The van der Waals surface area contributed by atoms with Gasteiger partial charge in [-0.2, -0.15) is 0 Å². The molecule has 0 saturated carbocycles. The molecule has 0 saturated heterocycles. The molecule has 0 bridgehead atoms. The highest BCUT2D eigenvalue weighted by Crippen LogP contribution is 1.96. The third-order valence-corrected chi connectivity index (χ3v) is 1.56. The summed E-state index contributed by atoms with van der Waals surface area (Å²) in [5.74, 6) is -1.22. The van der Waals surface area contributed by atoms with Crippen molar-refractivity contribution in [3.05, 3.63) is 46.4 Å². The molecule has 0 spiro atoms. The Balaban J connectivity index is 3.13. The summed E-state index contributed by atoms with van der Waals surface area (Å²) in [4.78, 5) is 24.0. The Kier molecular flexibility index (Phi) is 2.64. The zero-order valence-electron chi connectivity index (χ0n) is 6.91. The normalized spacial score (nSPS) is 9.54. The molecule has 0 radical (unpaired) electrons. The van der Waals surface area contributed by atoms with Crippen molar-refractivity contribution in [1.82, 2.24) is 4.98 Å². The summed E-state index contributed by atoms with van der Waals surface area (Å²) in [6.45, 7) is 3.50. The fourth-order valence-electron chi connectivity index (χ4n) is 0.957. The summed E-state index contributed by atoms with van der Waals surface area (Å²) in [7, 11) is 0. The minimum atomic E-state index is -1.22. The van der Waals surface area contributed by atoms with E-state index >= 15 is 0 Å². The van der Waals surface area contributed by atoms with Gasteiger partial charge in [0.2, 0.25) is 0 Å². The quantitative estimate of drug-likeness (QED) is 0.674. The van der Waals surface area contributed by atoms with E-state index < -0.39 is 11.5 Å². The maximum atomic E-state index is 11.1. The van der Waals surface area contributed by atoms with E-state index in [2.05, 4.69) is 11.6 Å². The number of hydrogen-bond acceptors (Lipinski definition) is 2. The highest BCUT2D eigenvalue weighted by atomic mass is 16.4. The fraction of sp³-hybridized carbons (Fsp3) is 0.111. The molecular formula is C9H9NO3. The van der Waals surface area contributed by atoms with Gasteiger partial charge in [-0.3, -0.25) is 4.79 Å². The molecule has 0 amide bonds. The van der Waals surface area contributed by atoms with Gasteiger partial charge in [0.15, 0.2) is 0 Å². The predicted octanol–water partition coefficient (Wildman–Crippen LogP) is 0.802. The minimum Gasteiger partial charge on any atom is -0.477 e. The topological polar surface area (TPSA) is 70.2 Å². The first kappa shape index (κ1) is 9.25. The summed E-state index contributed by atoms with van der Waals surface area (Å²) in [5, 5.41) is 8.55. The number of carboxylic acid groups (broad SMARTS) is 1. The van der Waals surface area contributed by atoms with Gasteiger partial charge in [0.1, 0.15) is 5.56 Å². The summed E-state index contributed by atoms with van der Waals surface area (Å²) in [5.41, 5.74) is -0.162. The molecule has 2 N–H and O–H groups in total. The van der Waals surface area contributed by atoms with E-state index in [0.717, 1.165) is 0 Å². The van der Waals surface area contributed by atoms with Crippen LogP contribution in [0.2, 0.25) is 0 Å². The largest absolute Gasteiger partial charge is 0.477 e. The lowest BCUT2D eigenvalue weighted by atomic mass is 10.2. The van der Waals surface area contributed by atoms with Crippen molar-refractivity contribution in [1.29, 1.82) is 0 Å². The van der Waals surface area contributed by atoms with Crippen molar-refractivity contribution in [2.75, 3.05) is 0 Å². The standard InChI is InChI=1S/C9H9NO3/c1-2-3-6-4-5-7(9(12)13)8(11)10-6/h2,4-5H,1,3H2,(H,10,11)(H,12,13). The van der Waals surface area contributed by atoms with E-state index in [1.807, 2.05) is 0 Å². The zero-order chi connectivity index (χ0) is 9.84. The smallest absolute Gasteiger partial charge is 0.341 e. The molecule has 0 aliphatic carbocycles. The lowest BCUT2D eigenvalue weighted by molar-refractivity contribution is 0.0695. The summed E-state index contributed by atoms with van der Waals surface area (Å²) in [6, 6.07) is 2.85. The van der Waals surface area contributed by atoms with Crippen LogP contribution in [0.1, 0.15) is 16.1 Å². The monoisotopic (exact) mass is 179 g/mol. The molecule has 68 valence electrons. The van der Waals surface area contributed by atoms with Gasteiger partial charge in [-0.05, 0) is 12.1 Å². The highest BCUT2D eigenvalue weighted by Gasteiger charge is 2.07. The molecule has 0 aromatic carbocycles. The first-order valence-corrected chi connectivity index (χ1v) is 3.71. The molecule has 1 aromatic rings. The van der Waals surface area contributed by atoms with Crippen molar-refractivity contribution in [2.45, 2.75) is 6.42 Å². The van der Waals surface area contributed by atoms with Crippen molar-refractivity contribution < 1.29 is 9.90 Å². The molecule has 0 unspecified atom stereocenters. The van der Waals surface area contributed by atoms with E-state index in [-0.39, 0.29) is 5.56 Å². The maximum absolute atomic E-state index is 11.1. The Morgan fingerprint density at radius 3 is 2.77 bits per heavy atom. The first-order chi connectivity index (χ1) is 6.15. The number of nitrogens with one attached hydrogen (secondary N) is 1. The molecule has 0 atom stereocenters. The Labute approximate surface area is 74.5 Å². The van der Waals surface area contributed by atoms with E-state index in [1.54, 1.807) is 12.1 Å². The van der Waals surface area contributed by atoms with Crippen LogP contribution in [0.15, 0.2) is 29.6 Å². The number of aromatic amines is 1. The molecule has 1 heterocycles. The van der Waals surface area contributed by atoms with Crippen LogP contribution in [-0.4, -0.2) is 16.1 Å². The predicted molar refractivity (Wildman–Crippen MR) is 47.9 cm³/mol.